The second-order valence-electron chi connectivity index (χ2n) is 5.02. The minimum atomic E-state index is 0.491. The lowest BCUT2D eigenvalue weighted by molar-refractivity contribution is 0.484. The van der Waals surface area contributed by atoms with Gasteiger partial charge in [0.1, 0.15) is 0 Å². The van der Waals surface area contributed by atoms with E-state index in [0.29, 0.717) is 6.04 Å². The molecular weight excluding hydrogens is 218 g/mol. The molecule has 0 aliphatic carbocycles. The third-order valence-electron chi connectivity index (χ3n) is 3.56. The van der Waals surface area contributed by atoms with Gasteiger partial charge in [-0.15, -0.1) is 6.58 Å². The summed E-state index contributed by atoms with van der Waals surface area (Å²) in [5.41, 5.74) is 4.29. The van der Waals surface area contributed by atoms with Gasteiger partial charge in [-0.25, -0.2) is 0 Å². The predicted molar refractivity (Wildman–Crippen MR) is 81.0 cm³/mol. The van der Waals surface area contributed by atoms with Crippen LogP contribution in [0.4, 0.5) is 0 Å². The molecular formula is C17H27N. The number of unbranched alkanes of at least 4 members (excludes halogenated alkanes) is 1. The molecule has 0 spiro atoms. The van der Waals surface area contributed by atoms with E-state index in [1.807, 2.05) is 6.08 Å². The van der Waals surface area contributed by atoms with Crippen molar-refractivity contribution < 1.29 is 0 Å². The van der Waals surface area contributed by atoms with Crippen LogP contribution in [-0.2, 0) is 0 Å². The molecule has 100 valence electrons. The molecule has 0 saturated carbocycles. The fourth-order valence-corrected chi connectivity index (χ4v) is 2.30. The average Bonchev–Trinajstić information content (AvgIpc) is 2.37. The second kappa shape index (κ2) is 8.10. The highest BCUT2D eigenvalue weighted by Crippen LogP contribution is 2.24. The van der Waals surface area contributed by atoms with Gasteiger partial charge in [0.05, 0.1) is 0 Å². The van der Waals surface area contributed by atoms with Crippen LogP contribution in [-0.4, -0.2) is 6.54 Å². The Morgan fingerprint density at radius 2 is 2.11 bits per heavy atom. The van der Waals surface area contributed by atoms with Crippen molar-refractivity contribution in [3.8, 4) is 0 Å². The Bertz CT molecular complexity index is 368. The van der Waals surface area contributed by atoms with Crippen LogP contribution in [0.1, 0.15) is 55.3 Å². The van der Waals surface area contributed by atoms with Gasteiger partial charge in [-0.05, 0) is 62.8 Å². The molecule has 1 aromatic carbocycles. The highest BCUT2D eigenvalue weighted by atomic mass is 14.9. The van der Waals surface area contributed by atoms with E-state index in [-0.39, 0.29) is 0 Å². The van der Waals surface area contributed by atoms with E-state index in [9.17, 15) is 0 Å². The summed E-state index contributed by atoms with van der Waals surface area (Å²) in [4.78, 5) is 0. The van der Waals surface area contributed by atoms with E-state index in [1.165, 1.54) is 36.0 Å². The molecule has 0 radical (unpaired) electrons. The van der Waals surface area contributed by atoms with Crippen molar-refractivity contribution >= 4 is 0 Å². The van der Waals surface area contributed by atoms with Crippen molar-refractivity contribution in [2.45, 2.75) is 52.5 Å². The zero-order valence-corrected chi connectivity index (χ0v) is 12.1. The van der Waals surface area contributed by atoms with Gasteiger partial charge in [0.25, 0.3) is 0 Å². The lowest BCUT2D eigenvalue weighted by Gasteiger charge is -2.21. The summed E-state index contributed by atoms with van der Waals surface area (Å²) >= 11 is 0. The van der Waals surface area contributed by atoms with Crippen LogP contribution >= 0.6 is 0 Å². The van der Waals surface area contributed by atoms with Crippen molar-refractivity contribution in [3.63, 3.8) is 0 Å². The second-order valence-corrected chi connectivity index (χ2v) is 5.02. The molecule has 1 N–H and O–H groups in total. The summed E-state index contributed by atoms with van der Waals surface area (Å²) < 4.78 is 0. The van der Waals surface area contributed by atoms with Gasteiger partial charge in [0.15, 0.2) is 0 Å². The molecule has 18 heavy (non-hydrogen) atoms. The highest BCUT2D eigenvalue weighted by molar-refractivity contribution is 5.35. The van der Waals surface area contributed by atoms with E-state index in [4.69, 9.17) is 0 Å². The molecule has 0 aromatic heterocycles. The van der Waals surface area contributed by atoms with Crippen LogP contribution < -0.4 is 5.32 Å². The minimum absolute atomic E-state index is 0.491. The summed E-state index contributed by atoms with van der Waals surface area (Å²) in [7, 11) is 0. The van der Waals surface area contributed by atoms with Crippen LogP contribution in [0.15, 0.2) is 30.9 Å². The molecule has 0 amide bonds. The fourth-order valence-electron chi connectivity index (χ4n) is 2.30. The molecule has 0 heterocycles. The zero-order valence-electron chi connectivity index (χ0n) is 12.1. The SMILES string of the molecule is C=CCCCC(NCCC)c1cccc(C)c1C. The van der Waals surface area contributed by atoms with Crippen molar-refractivity contribution in [1.29, 1.82) is 0 Å². The van der Waals surface area contributed by atoms with Crippen molar-refractivity contribution in [2.75, 3.05) is 6.54 Å². The average molecular weight is 245 g/mol. The van der Waals surface area contributed by atoms with Gasteiger partial charge in [0, 0.05) is 6.04 Å². The molecule has 1 nitrogen and oxygen atoms in total. The number of nitrogens with one attached hydrogen (secondary N) is 1. The zero-order chi connectivity index (χ0) is 13.4. The Hall–Kier alpha value is -1.08. The molecule has 1 heteroatoms. The Morgan fingerprint density at radius 3 is 2.78 bits per heavy atom. The molecule has 1 aromatic rings. The molecule has 1 atom stereocenters. The van der Waals surface area contributed by atoms with Crippen LogP contribution in [0.25, 0.3) is 0 Å². The van der Waals surface area contributed by atoms with Gasteiger partial charge in [-0.3, -0.25) is 0 Å². The lowest BCUT2D eigenvalue weighted by Crippen LogP contribution is -2.23. The summed E-state index contributed by atoms with van der Waals surface area (Å²) in [6.07, 6.45) is 6.70. The summed E-state index contributed by atoms with van der Waals surface area (Å²) in [6.45, 7) is 11.5. The van der Waals surface area contributed by atoms with Gasteiger partial charge in [0.2, 0.25) is 0 Å². The number of hydrogen-bond donors (Lipinski definition) is 1. The van der Waals surface area contributed by atoms with Crippen molar-refractivity contribution in [2.24, 2.45) is 0 Å². The van der Waals surface area contributed by atoms with Gasteiger partial charge in [-0.2, -0.15) is 0 Å². The number of benzene rings is 1. The lowest BCUT2D eigenvalue weighted by atomic mass is 9.94. The first-order valence-corrected chi connectivity index (χ1v) is 7.11. The topological polar surface area (TPSA) is 12.0 Å². The van der Waals surface area contributed by atoms with E-state index in [2.05, 4.69) is 50.9 Å². The first kappa shape index (κ1) is 15.0. The van der Waals surface area contributed by atoms with Crippen molar-refractivity contribution in [3.05, 3.63) is 47.5 Å². The molecule has 0 bridgehead atoms. The first-order valence-electron chi connectivity index (χ1n) is 7.11. The molecule has 0 aliphatic heterocycles. The third kappa shape index (κ3) is 4.30. The maximum atomic E-state index is 3.80. The van der Waals surface area contributed by atoms with Crippen LogP contribution in [0.3, 0.4) is 0 Å². The Labute approximate surface area is 112 Å². The minimum Gasteiger partial charge on any atom is -0.310 e. The molecule has 0 aliphatic rings. The Kier molecular flexibility index (Phi) is 6.74. The number of aryl methyl sites for hydroxylation is 1. The molecule has 0 saturated heterocycles. The molecule has 1 unspecified atom stereocenters. The van der Waals surface area contributed by atoms with Gasteiger partial charge in [-0.1, -0.05) is 31.2 Å². The largest absolute Gasteiger partial charge is 0.310 e. The van der Waals surface area contributed by atoms with Crippen LogP contribution in [0, 0.1) is 13.8 Å². The Balaban J connectivity index is 2.79. The summed E-state index contributed by atoms with van der Waals surface area (Å²) in [5, 5.41) is 3.68. The maximum absolute atomic E-state index is 3.80. The van der Waals surface area contributed by atoms with E-state index >= 15 is 0 Å². The summed E-state index contributed by atoms with van der Waals surface area (Å²) in [5.74, 6) is 0. The smallest absolute Gasteiger partial charge is 0.0323 e. The monoisotopic (exact) mass is 245 g/mol. The highest BCUT2D eigenvalue weighted by Gasteiger charge is 2.13. The van der Waals surface area contributed by atoms with Crippen molar-refractivity contribution in [1.82, 2.24) is 5.32 Å². The van der Waals surface area contributed by atoms with E-state index < -0.39 is 0 Å². The van der Waals surface area contributed by atoms with Gasteiger partial charge >= 0.3 is 0 Å². The normalized spacial score (nSPS) is 12.4. The summed E-state index contributed by atoms with van der Waals surface area (Å²) in [6, 6.07) is 7.12. The number of hydrogen-bond acceptors (Lipinski definition) is 1. The maximum Gasteiger partial charge on any atom is 0.0323 e. The third-order valence-corrected chi connectivity index (χ3v) is 3.56. The Morgan fingerprint density at radius 1 is 1.33 bits per heavy atom. The standard InChI is InChI=1S/C17H27N/c1-5-7-8-12-17(18-13-6-2)16-11-9-10-14(3)15(16)4/h5,9-11,17-18H,1,6-8,12-13H2,2-4H3. The molecule has 0 fully saturated rings. The van der Waals surface area contributed by atoms with Crippen LogP contribution in [0.5, 0.6) is 0 Å². The van der Waals surface area contributed by atoms with Crippen LogP contribution in [0.2, 0.25) is 0 Å². The predicted octanol–water partition coefficient (Wildman–Crippen LogP) is 4.70. The molecule has 1 rings (SSSR count). The number of allylic oxidation sites excluding steroid dienone is 1. The van der Waals surface area contributed by atoms with E-state index in [1.54, 1.807) is 0 Å². The number of rotatable bonds is 8. The fraction of sp³-hybridized carbons (Fsp3) is 0.529. The van der Waals surface area contributed by atoms with E-state index in [0.717, 1.165) is 13.0 Å². The van der Waals surface area contributed by atoms with Gasteiger partial charge < -0.3 is 5.32 Å². The quantitative estimate of drug-likeness (QED) is 0.517. The first-order chi connectivity index (χ1) is 8.70.